The number of hydrogen-bond donors (Lipinski definition) is 3. The summed E-state index contributed by atoms with van der Waals surface area (Å²) in [5.74, 6) is -1.32. The van der Waals surface area contributed by atoms with Crippen molar-refractivity contribution >= 4 is 0 Å². The largest absolute Gasteiger partial charge is 0.388 e. The van der Waals surface area contributed by atoms with E-state index in [1.165, 1.54) is 0 Å². The fourth-order valence-electron chi connectivity index (χ4n) is 1.42. The van der Waals surface area contributed by atoms with Crippen LogP contribution < -0.4 is 11.2 Å². The number of nitrogens with zero attached hydrogens (tertiary/aromatic N) is 1. The minimum absolute atomic E-state index is 0.150. The van der Waals surface area contributed by atoms with Gasteiger partial charge in [0.25, 0.3) is 5.56 Å². The monoisotopic (exact) mass is 235 g/mol. The molecule has 0 spiro atoms. The molecule has 0 bridgehead atoms. The summed E-state index contributed by atoms with van der Waals surface area (Å²) in [6, 6.07) is 0. The van der Waals surface area contributed by atoms with Crippen LogP contribution in [0.25, 0.3) is 0 Å². The second-order valence-electron chi connectivity index (χ2n) is 3.31. The Morgan fingerprint density at radius 2 is 2.50 bits per heavy atom. The van der Waals surface area contributed by atoms with E-state index in [1.807, 2.05) is 0 Å². The van der Waals surface area contributed by atoms with Crippen molar-refractivity contribution in [3.63, 3.8) is 0 Å². The number of aliphatic hydroxyl groups is 2. The van der Waals surface area contributed by atoms with Crippen LogP contribution in [-0.4, -0.2) is 41.4 Å². The molecule has 1 aromatic heterocycles. The molecule has 3 N–H and O–H groups in total. The van der Waals surface area contributed by atoms with Gasteiger partial charge in [0.05, 0.1) is 12.8 Å². The van der Waals surface area contributed by atoms with Crippen LogP contribution in [0.15, 0.2) is 15.8 Å². The fourth-order valence-corrected chi connectivity index (χ4v) is 1.42. The van der Waals surface area contributed by atoms with E-state index < -0.39 is 35.5 Å². The van der Waals surface area contributed by atoms with Gasteiger partial charge in [-0.15, -0.1) is 0 Å². The Balaban J connectivity index is 2.49. The molecule has 0 aromatic carbocycles. The smallest absolute Gasteiger partial charge is 0.330 e. The quantitative estimate of drug-likeness (QED) is 0.558. The molecule has 1 saturated heterocycles. The Labute approximate surface area is 92.2 Å². The Kier molecular flexibility index (Phi) is 1.84. The molecule has 0 radical (unpaired) electrons. The van der Waals surface area contributed by atoms with E-state index in [2.05, 4.69) is 10.2 Å². The maximum absolute atomic E-state index is 13.3. The summed E-state index contributed by atoms with van der Waals surface area (Å²) in [5, 5.41) is 8.54. The second-order valence-corrected chi connectivity index (χ2v) is 3.31. The number of ether oxygens (including phenoxy) is 1. The van der Waals surface area contributed by atoms with Gasteiger partial charge in [-0.25, -0.2) is 4.79 Å². The highest BCUT2D eigenvalue weighted by atomic mass is 19.1. The summed E-state index contributed by atoms with van der Waals surface area (Å²) in [5.41, 5.74) is -2.54. The van der Waals surface area contributed by atoms with E-state index >= 15 is 0 Å². The topological polar surface area (TPSA) is 105 Å². The van der Waals surface area contributed by atoms with Gasteiger partial charge in [0.1, 0.15) is 12.2 Å². The number of aromatic amines is 1. The molecule has 1 aliphatic heterocycles. The molecule has 2 heterocycles. The lowest BCUT2D eigenvalue weighted by molar-refractivity contribution is -0.0218. The van der Waals surface area contributed by atoms with E-state index in [1.54, 1.807) is 0 Å². The minimum atomic E-state index is -1.39. The van der Waals surface area contributed by atoms with Crippen molar-refractivity contribution in [1.29, 1.82) is 2.86 Å². The normalized spacial score (nSPS) is 32.1. The van der Waals surface area contributed by atoms with Crippen LogP contribution in [0.3, 0.4) is 0 Å². The standard InChI is InChI=1S/C8H9FN2O5/c9-3-1-11(8(15)10-6(3)14)7-5(13)4(12)2-16-7/h1,4-5,7,12-13H,2H2,(H,10,14,15)/t4-,5-,7-/m1/s1/i12D,13D/hD. The van der Waals surface area contributed by atoms with Gasteiger partial charge in [0, 0.05) is 0 Å². The SMILES string of the molecule is [2H]O[C@H]1[C@H](n2cc(F)c(=O)n([2H])c2=O)OC[C@H]1O[2H]. The number of aliphatic hydroxyl groups excluding tert-OH is 2. The van der Waals surface area contributed by atoms with Gasteiger partial charge in [-0.3, -0.25) is 14.3 Å². The lowest BCUT2D eigenvalue weighted by atomic mass is 10.2. The molecule has 0 unspecified atom stereocenters. The maximum Gasteiger partial charge on any atom is 0.330 e. The van der Waals surface area contributed by atoms with Gasteiger partial charge < -0.3 is 15.0 Å². The molecule has 7 nitrogen and oxygen atoms in total. The van der Waals surface area contributed by atoms with Gasteiger partial charge in [-0.1, -0.05) is 0 Å². The molecule has 88 valence electrons. The molecule has 3 atom stereocenters. The molecule has 1 fully saturated rings. The molecule has 0 aliphatic carbocycles. The predicted molar refractivity (Wildman–Crippen MR) is 48.3 cm³/mol. The van der Waals surface area contributed by atoms with Gasteiger partial charge in [0.2, 0.25) is 8.68 Å². The van der Waals surface area contributed by atoms with Crippen molar-refractivity contribution in [2.45, 2.75) is 18.4 Å². The summed E-state index contributed by atoms with van der Waals surface area (Å²) in [6.07, 6.45) is -2.79. The summed E-state index contributed by atoms with van der Waals surface area (Å²) in [6.45, 7) is -0.150. The average molecular weight is 235 g/mol. The number of rotatable bonds is 3. The molecule has 1 aliphatic rings. The number of aromatic nitrogens is 2. The number of hydrogen-bond acceptors (Lipinski definition) is 5. The van der Waals surface area contributed by atoms with E-state index in [9.17, 15) is 14.0 Å². The van der Waals surface area contributed by atoms with E-state index in [4.69, 9.17) is 9.01 Å². The third-order valence-corrected chi connectivity index (χ3v) is 2.23. The first-order valence-corrected chi connectivity index (χ1v) is 4.39. The first-order valence-electron chi connectivity index (χ1n) is 5.66. The molecular weight excluding hydrogens is 223 g/mol. The first kappa shape index (κ1) is 7.71. The summed E-state index contributed by atoms with van der Waals surface area (Å²) < 4.78 is 39.7. The zero-order valence-corrected chi connectivity index (χ0v) is 7.83. The Hall–Kier alpha value is -1.51. The highest BCUT2D eigenvalue weighted by Crippen LogP contribution is 2.22. The fraction of sp³-hybridized carbons (Fsp3) is 0.500. The molecule has 2 rings (SSSR count). The van der Waals surface area contributed by atoms with Crippen molar-refractivity contribution < 1.29 is 20.8 Å². The van der Waals surface area contributed by atoms with Crippen LogP contribution in [0, 0.1) is 5.82 Å². The first-order chi connectivity index (χ1) is 9.01. The zero-order valence-electron chi connectivity index (χ0n) is 10.8. The summed E-state index contributed by atoms with van der Waals surface area (Å²) >= 11 is 0. The average Bonchev–Trinajstić information content (AvgIpc) is 2.83. The van der Waals surface area contributed by atoms with Crippen LogP contribution in [0.1, 0.15) is 6.23 Å². The van der Waals surface area contributed by atoms with Crippen LogP contribution in [0.4, 0.5) is 4.39 Å². The lowest BCUT2D eigenvalue weighted by Gasteiger charge is -2.16. The zero-order chi connectivity index (χ0) is 14.2. The third-order valence-electron chi connectivity index (χ3n) is 2.23. The van der Waals surface area contributed by atoms with E-state index in [-0.39, 0.29) is 11.6 Å². The van der Waals surface area contributed by atoms with Crippen LogP contribution in [0.2, 0.25) is 1.41 Å². The van der Waals surface area contributed by atoms with Crippen molar-refractivity contribution in [3.8, 4) is 0 Å². The highest BCUT2D eigenvalue weighted by Gasteiger charge is 2.36. The highest BCUT2D eigenvalue weighted by molar-refractivity contribution is 4.91. The van der Waals surface area contributed by atoms with Gasteiger partial charge in [-0.2, -0.15) is 4.39 Å². The van der Waals surface area contributed by atoms with Gasteiger partial charge in [-0.05, 0) is 0 Å². The molecule has 16 heavy (non-hydrogen) atoms. The van der Waals surface area contributed by atoms with Crippen molar-refractivity contribution in [1.82, 2.24) is 9.54 Å². The second kappa shape index (κ2) is 3.81. The molecule has 0 saturated carbocycles. The van der Waals surface area contributed by atoms with Crippen LogP contribution in [-0.2, 0) is 4.74 Å². The third kappa shape index (κ3) is 1.66. The number of nitrogens with one attached hydrogen (secondary N) is 1. The molecule has 8 heteroatoms. The van der Waals surface area contributed by atoms with Crippen molar-refractivity contribution in [2.75, 3.05) is 6.61 Å². The molecular formula is C8H9FN2O5. The van der Waals surface area contributed by atoms with E-state index in [0.29, 0.717) is 10.8 Å². The van der Waals surface area contributed by atoms with Crippen molar-refractivity contribution in [2.24, 2.45) is 0 Å². The maximum atomic E-state index is 13.3. The Morgan fingerprint density at radius 3 is 3.19 bits per heavy atom. The lowest BCUT2D eigenvalue weighted by Crippen LogP contribution is -2.38. The Bertz CT molecular complexity index is 591. The number of halogens is 1. The Morgan fingerprint density at radius 1 is 1.69 bits per heavy atom. The van der Waals surface area contributed by atoms with Crippen LogP contribution in [0.5, 0.6) is 0 Å². The minimum Gasteiger partial charge on any atom is -0.388 e. The summed E-state index contributed by atoms with van der Waals surface area (Å²) in [4.78, 5) is 22.6. The summed E-state index contributed by atoms with van der Waals surface area (Å²) in [7, 11) is 0. The number of H-pyrrole nitrogens is 1. The molecule has 0 amide bonds. The van der Waals surface area contributed by atoms with Crippen LogP contribution >= 0.6 is 0 Å². The van der Waals surface area contributed by atoms with E-state index in [0.717, 1.165) is 0 Å². The van der Waals surface area contributed by atoms with Gasteiger partial charge in [0.15, 0.2) is 7.64 Å². The molecule has 1 aromatic rings. The predicted octanol–water partition coefficient (Wildman–Crippen LogP) is -2.07. The van der Waals surface area contributed by atoms with Gasteiger partial charge >= 0.3 is 5.69 Å². The van der Waals surface area contributed by atoms with Crippen molar-refractivity contribution in [3.05, 3.63) is 32.9 Å².